The summed E-state index contributed by atoms with van der Waals surface area (Å²) in [6.45, 7) is 2.47. The van der Waals surface area contributed by atoms with Crippen molar-refractivity contribution in [2.45, 2.75) is 64.5 Å². The molecule has 0 bridgehead atoms. The van der Waals surface area contributed by atoms with Crippen LogP contribution in [-0.4, -0.2) is 15.5 Å². The summed E-state index contributed by atoms with van der Waals surface area (Å²) in [5, 5.41) is 3.91. The largest absolute Gasteiger partial charge is 0.349 e. The van der Waals surface area contributed by atoms with Crippen molar-refractivity contribution in [2.24, 2.45) is 0 Å². The van der Waals surface area contributed by atoms with E-state index in [0.29, 0.717) is 6.54 Å². The van der Waals surface area contributed by atoms with Crippen LogP contribution in [0.4, 0.5) is 0 Å². The van der Waals surface area contributed by atoms with Gasteiger partial charge >= 0.3 is 0 Å². The fourth-order valence-corrected chi connectivity index (χ4v) is 5.34. The average molecular weight is 410 g/mol. The minimum absolute atomic E-state index is 0.00429. The van der Waals surface area contributed by atoms with Crippen molar-refractivity contribution in [3.63, 3.8) is 0 Å². The average Bonchev–Trinajstić information content (AvgIpc) is 3.13. The van der Waals surface area contributed by atoms with Crippen LogP contribution in [0.3, 0.4) is 0 Å². The number of benzene rings is 1. The van der Waals surface area contributed by atoms with Gasteiger partial charge in [0.1, 0.15) is 4.83 Å². The molecule has 152 valence electrons. The van der Waals surface area contributed by atoms with Gasteiger partial charge in [0.05, 0.1) is 17.8 Å². The summed E-state index contributed by atoms with van der Waals surface area (Å²) in [6.07, 6.45) is 8.09. The van der Waals surface area contributed by atoms with Gasteiger partial charge in [0.2, 0.25) is 5.91 Å². The molecule has 5 nitrogen and oxygen atoms in total. The number of rotatable bonds is 7. The third-order valence-electron chi connectivity index (χ3n) is 5.64. The molecule has 2 heterocycles. The number of carbonyl (C=O) groups is 1. The smallest absolute Gasteiger partial charge is 0.262 e. The highest BCUT2D eigenvalue weighted by Gasteiger charge is 2.20. The summed E-state index contributed by atoms with van der Waals surface area (Å²) in [5.41, 5.74) is 2.31. The number of nitrogens with zero attached hydrogens (tertiary/aromatic N) is 2. The molecule has 0 saturated carbocycles. The number of nitrogens with one attached hydrogen (secondary N) is 1. The van der Waals surface area contributed by atoms with Gasteiger partial charge in [-0.2, -0.15) is 0 Å². The number of aryl methyl sites for hydroxylation is 3. The topological polar surface area (TPSA) is 64.0 Å². The van der Waals surface area contributed by atoms with Crippen LogP contribution in [0.25, 0.3) is 10.2 Å². The van der Waals surface area contributed by atoms with E-state index in [0.717, 1.165) is 47.9 Å². The molecule has 0 unspecified atom stereocenters. The molecule has 1 amide bonds. The molecule has 0 saturated heterocycles. The highest BCUT2D eigenvalue weighted by Crippen LogP contribution is 2.33. The van der Waals surface area contributed by atoms with Crippen LogP contribution >= 0.6 is 11.3 Å². The molecule has 2 aromatic heterocycles. The molecular weight excluding hydrogens is 382 g/mol. The molecule has 1 N–H and O–H groups in total. The Hall–Kier alpha value is -2.47. The van der Waals surface area contributed by atoms with Crippen LogP contribution in [0.1, 0.15) is 61.1 Å². The first-order valence-corrected chi connectivity index (χ1v) is 11.3. The quantitative estimate of drug-likeness (QED) is 0.630. The summed E-state index contributed by atoms with van der Waals surface area (Å²) < 4.78 is 1.60. The molecule has 1 aliphatic carbocycles. The Bertz CT molecular complexity index is 1060. The maximum Gasteiger partial charge on any atom is 0.262 e. The van der Waals surface area contributed by atoms with Gasteiger partial charge in [-0.1, -0.05) is 43.7 Å². The summed E-state index contributed by atoms with van der Waals surface area (Å²) in [4.78, 5) is 32.3. The minimum Gasteiger partial charge on any atom is -0.349 e. The molecule has 6 heteroatoms. The Morgan fingerprint density at radius 1 is 1.24 bits per heavy atom. The van der Waals surface area contributed by atoms with Crippen LogP contribution < -0.4 is 10.9 Å². The minimum atomic E-state index is -0.0355. The molecule has 0 spiro atoms. The molecule has 29 heavy (non-hydrogen) atoms. The van der Waals surface area contributed by atoms with Crippen LogP contribution in [0.5, 0.6) is 0 Å². The van der Waals surface area contributed by atoms with Crippen molar-refractivity contribution < 1.29 is 4.79 Å². The van der Waals surface area contributed by atoms with Gasteiger partial charge in [-0.25, -0.2) is 4.98 Å². The zero-order valence-corrected chi connectivity index (χ0v) is 17.6. The van der Waals surface area contributed by atoms with Gasteiger partial charge < -0.3 is 5.32 Å². The lowest BCUT2D eigenvalue weighted by Crippen LogP contribution is -2.30. The number of aromatic nitrogens is 2. The summed E-state index contributed by atoms with van der Waals surface area (Å²) in [6, 6.07) is 10.1. The highest BCUT2D eigenvalue weighted by atomic mass is 32.1. The summed E-state index contributed by atoms with van der Waals surface area (Å²) in [7, 11) is 0. The van der Waals surface area contributed by atoms with Gasteiger partial charge in [-0.15, -0.1) is 11.3 Å². The predicted molar refractivity (Wildman–Crippen MR) is 117 cm³/mol. The van der Waals surface area contributed by atoms with Gasteiger partial charge in [0, 0.05) is 17.8 Å². The SMILES string of the molecule is CCC[C@H](NC(=O)CCn1cnc2sc3c(c2c1=O)CCCC3)c1ccccc1. The van der Waals surface area contributed by atoms with E-state index in [1.54, 1.807) is 22.2 Å². The molecule has 1 atom stereocenters. The molecule has 4 rings (SSSR count). The lowest BCUT2D eigenvalue weighted by Gasteiger charge is -2.19. The first-order valence-electron chi connectivity index (χ1n) is 10.5. The molecule has 0 aliphatic heterocycles. The second-order valence-electron chi connectivity index (χ2n) is 7.70. The van der Waals surface area contributed by atoms with E-state index < -0.39 is 0 Å². The Morgan fingerprint density at radius 3 is 2.83 bits per heavy atom. The van der Waals surface area contributed by atoms with Crippen molar-refractivity contribution in [1.82, 2.24) is 14.9 Å². The molecule has 0 fully saturated rings. The number of fused-ring (bicyclic) bond motifs is 3. The van der Waals surface area contributed by atoms with Crippen molar-refractivity contribution in [2.75, 3.05) is 0 Å². The molecule has 3 aromatic rings. The van der Waals surface area contributed by atoms with Crippen molar-refractivity contribution in [3.8, 4) is 0 Å². The Balaban J connectivity index is 1.47. The third-order valence-corrected chi connectivity index (χ3v) is 6.84. The number of hydrogen-bond donors (Lipinski definition) is 1. The van der Waals surface area contributed by atoms with E-state index in [1.165, 1.54) is 16.9 Å². The maximum absolute atomic E-state index is 13.0. The lowest BCUT2D eigenvalue weighted by molar-refractivity contribution is -0.122. The fraction of sp³-hybridized carbons (Fsp3) is 0.435. The van der Waals surface area contributed by atoms with E-state index in [4.69, 9.17) is 0 Å². The van der Waals surface area contributed by atoms with Crippen LogP contribution in [0, 0.1) is 0 Å². The van der Waals surface area contributed by atoms with Crippen molar-refractivity contribution >= 4 is 27.5 Å². The summed E-state index contributed by atoms with van der Waals surface area (Å²) >= 11 is 1.65. The van der Waals surface area contributed by atoms with Crippen molar-refractivity contribution in [3.05, 3.63) is 63.0 Å². The van der Waals surface area contributed by atoms with Gasteiger partial charge in [0.15, 0.2) is 0 Å². The second-order valence-corrected chi connectivity index (χ2v) is 8.79. The van der Waals surface area contributed by atoms with E-state index in [9.17, 15) is 9.59 Å². The normalized spacial score (nSPS) is 14.5. The Kier molecular flexibility index (Phi) is 6.09. The van der Waals surface area contributed by atoms with Gasteiger partial charge in [0.25, 0.3) is 5.56 Å². The molecular formula is C23H27N3O2S. The number of thiophene rings is 1. The fourth-order valence-electron chi connectivity index (χ4n) is 4.13. The van der Waals surface area contributed by atoms with Crippen LogP contribution in [-0.2, 0) is 24.2 Å². The van der Waals surface area contributed by atoms with Crippen LogP contribution in [0.2, 0.25) is 0 Å². The first-order chi connectivity index (χ1) is 14.2. The summed E-state index contributed by atoms with van der Waals surface area (Å²) in [5.74, 6) is -0.0355. The second kappa shape index (κ2) is 8.91. The van der Waals surface area contributed by atoms with Gasteiger partial charge in [-0.3, -0.25) is 14.2 Å². The zero-order valence-electron chi connectivity index (χ0n) is 16.8. The standard InChI is InChI=1S/C23H27N3O2S/c1-2-8-18(16-9-4-3-5-10-16)25-20(27)13-14-26-15-24-22-21(23(26)28)17-11-6-7-12-19(17)29-22/h3-5,9-10,15,18H,2,6-8,11-14H2,1H3,(H,25,27)/t18-/m0/s1. The van der Waals surface area contributed by atoms with E-state index in [2.05, 4.69) is 17.2 Å². The molecule has 1 aromatic carbocycles. The number of carbonyl (C=O) groups excluding carboxylic acids is 1. The van der Waals surface area contributed by atoms with Crippen LogP contribution in [0.15, 0.2) is 41.5 Å². The molecule has 0 radical (unpaired) electrons. The molecule has 1 aliphatic rings. The lowest BCUT2D eigenvalue weighted by atomic mass is 9.97. The van der Waals surface area contributed by atoms with Gasteiger partial charge in [-0.05, 0) is 43.2 Å². The van der Waals surface area contributed by atoms with E-state index in [-0.39, 0.29) is 23.9 Å². The number of amides is 1. The predicted octanol–water partition coefficient (Wildman–Crippen LogP) is 4.38. The zero-order chi connectivity index (χ0) is 20.2. The van der Waals surface area contributed by atoms with E-state index in [1.807, 2.05) is 30.3 Å². The third kappa shape index (κ3) is 4.27. The Labute approximate surface area is 174 Å². The van der Waals surface area contributed by atoms with E-state index >= 15 is 0 Å². The van der Waals surface area contributed by atoms with Crippen molar-refractivity contribution in [1.29, 1.82) is 0 Å². The number of hydrogen-bond acceptors (Lipinski definition) is 4. The first kappa shape index (κ1) is 19.8. The maximum atomic E-state index is 13.0. The Morgan fingerprint density at radius 2 is 2.03 bits per heavy atom. The monoisotopic (exact) mass is 409 g/mol. The highest BCUT2D eigenvalue weighted by molar-refractivity contribution is 7.18.